The van der Waals surface area contributed by atoms with Crippen LogP contribution >= 0.6 is 0 Å². The molecule has 0 aliphatic heterocycles. The summed E-state index contributed by atoms with van der Waals surface area (Å²) in [6.07, 6.45) is 0. The highest BCUT2D eigenvalue weighted by molar-refractivity contribution is 5.76. The molecule has 0 atom stereocenters. The largest absolute Gasteiger partial charge is 0.360 e. The van der Waals surface area contributed by atoms with Gasteiger partial charge in [0.05, 0.1) is 0 Å². The number of nitrogens with zero attached hydrogens (tertiary/aromatic N) is 2. The maximum Gasteiger partial charge on any atom is 0.360 e. The minimum atomic E-state index is -0.778. The van der Waals surface area contributed by atoms with Crippen molar-refractivity contribution in [3.8, 4) is 0 Å². The number of rotatable bonds is 2. The Labute approximate surface area is 51.0 Å². The predicted molar refractivity (Wildman–Crippen MR) is 31.9 cm³/mol. The lowest BCUT2D eigenvalue weighted by Crippen LogP contribution is -2.23. The van der Waals surface area contributed by atoms with Gasteiger partial charge >= 0.3 is 11.8 Å². The molecule has 0 radical (unpaired) electrons. The van der Waals surface area contributed by atoms with Crippen LogP contribution in [0.2, 0.25) is 0 Å². The summed E-state index contributed by atoms with van der Waals surface area (Å²) in [5.74, 6) is -0.924. The Morgan fingerprint density at radius 1 is 1.67 bits per heavy atom. The summed E-state index contributed by atoms with van der Waals surface area (Å²) >= 11 is 0. The smallest absolute Gasteiger partial charge is 0.358 e. The Hall–Kier alpha value is -1.59. The molecule has 9 heavy (non-hydrogen) atoms. The molecule has 0 saturated heterocycles. The van der Waals surface area contributed by atoms with Gasteiger partial charge in [-0.05, 0) is 16.5 Å². The first-order chi connectivity index (χ1) is 4.04. The molecule has 0 aliphatic carbocycles. The van der Waals surface area contributed by atoms with Crippen LogP contribution < -0.4 is 11.5 Å². The molecule has 6 nitrogen and oxygen atoms in total. The molecular weight excluding hydrogens is 124 g/mol. The molecule has 0 fully saturated rings. The number of guanidine groups is 1. The van der Waals surface area contributed by atoms with E-state index in [4.69, 9.17) is 11.5 Å². The van der Waals surface area contributed by atoms with Crippen LogP contribution in [-0.4, -0.2) is 10.9 Å². The van der Waals surface area contributed by atoms with E-state index in [9.17, 15) is 10.1 Å². The van der Waals surface area contributed by atoms with Gasteiger partial charge in [0.2, 0.25) is 0 Å². The maximum atomic E-state index is 9.72. The van der Waals surface area contributed by atoms with Gasteiger partial charge in [-0.1, -0.05) is 0 Å². The summed E-state index contributed by atoms with van der Waals surface area (Å²) in [5, 5.41) is 9.72. The number of aliphatic imine (C=N–C) groups is 1. The minimum absolute atomic E-state index is 0.364. The molecule has 0 unspecified atom stereocenters. The van der Waals surface area contributed by atoms with Gasteiger partial charge in [-0.2, -0.15) is 0 Å². The monoisotopic (exact) mass is 130 g/mol. The van der Waals surface area contributed by atoms with Crippen LogP contribution in [0.1, 0.15) is 0 Å². The van der Waals surface area contributed by atoms with E-state index >= 15 is 0 Å². The van der Waals surface area contributed by atoms with Crippen molar-refractivity contribution in [2.45, 2.75) is 0 Å². The van der Waals surface area contributed by atoms with Crippen LogP contribution in [-0.2, 0) is 0 Å². The Morgan fingerprint density at radius 2 is 2.11 bits per heavy atom. The second kappa shape index (κ2) is 2.65. The molecule has 0 amide bonds. The van der Waals surface area contributed by atoms with Crippen LogP contribution in [0.25, 0.3) is 0 Å². The quantitative estimate of drug-likeness (QED) is 0.216. The lowest BCUT2D eigenvalue weighted by molar-refractivity contribution is -0.425. The Bertz CT molecular complexity index is 169. The first-order valence-electron chi connectivity index (χ1n) is 1.97. The van der Waals surface area contributed by atoms with E-state index in [0.717, 1.165) is 0 Å². The van der Waals surface area contributed by atoms with Gasteiger partial charge in [-0.15, -0.1) is 0 Å². The molecule has 0 aliphatic rings. The third kappa shape index (κ3) is 3.03. The average Bonchev–Trinajstić information content (AvgIpc) is 1.63. The van der Waals surface area contributed by atoms with Crippen molar-refractivity contribution >= 4 is 5.96 Å². The van der Waals surface area contributed by atoms with Crippen molar-refractivity contribution in [2.75, 3.05) is 0 Å². The predicted octanol–water partition coefficient (Wildman–Crippen LogP) is -0.992. The van der Waals surface area contributed by atoms with Gasteiger partial charge in [0, 0.05) is 0 Å². The highest BCUT2D eigenvalue weighted by atomic mass is 16.6. The molecular formula is C3H6N4O2. The summed E-state index contributed by atoms with van der Waals surface area (Å²) in [6.45, 7) is 2.95. The molecule has 50 valence electrons. The molecule has 0 bridgehead atoms. The summed E-state index contributed by atoms with van der Waals surface area (Å²) < 4.78 is 0. The topological polar surface area (TPSA) is 108 Å². The van der Waals surface area contributed by atoms with Gasteiger partial charge in [-0.25, -0.2) is 0 Å². The third-order valence-electron chi connectivity index (χ3n) is 0.469. The zero-order valence-corrected chi connectivity index (χ0v) is 4.57. The van der Waals surface area contributed by atoms with Crippen molar-refractivity contribution in [3.05, 3.63) is 22.5 Å². The third-order valence-corrected chi connectivity index (χ3v) is 0.469. The summed E-state index contributed by atoms with van der Waals surface area (Å²) in [6, 6.07) is 0. The first kappa shape index (κ1) is 7.41. The molecule has 0 saturated carbocycles. The molecule has 0 heterocycles. The summed E-state index contributed by atoms with van der Waals surface area (Å²) in [4.78, 5) is 12.0. The normalized spacial score (nSPS) is 8.00. The lowest BCUT2D eigenvalue weighted by Gasteiger charge is -1.87. The molecule has 0 aromatic carbocycles. The first-order valence-corrected chi connectivity index (χ1v) is 1.97. The standard InChI is InChI=1S/C3H6N4O2/c1-2(7(8)9)6-3(4)5/h1H2,(H4,4,5,6). The van der Waals surface area contributed by atoms with Crippen LogP contribution in [0.4, 0.5) is 0 Å². The van der Waals surface area contributed by atoms with E-state index in [-0.39, 0.29) is 5.96 Å². The van der Waals surface area contributed by atoms with Crippen LogP contribution in [0.5, 0.6) is 0 Å². The number of nitrogens with two attached hydrogens (primary N) is 2. The lowest BCUT2D eigenvalue weighted by atomic mass is 10.8. The number of nitro groups is 1. The zero-order valence-electron chi connectivity index (χ0n) is 4.57. The Kier molecular flexibility index (Phi) is 2.18. The van der Waals surface area contributed by atoms with Crippen molar-refractivity contribution < 1.29 is 4.92 Å². The van der Waals surface area contributed by atoms with Gasteiger partial charge < -0.3 is 21.6 Å². The highest BCUT2D eigenvalue weighted by Gasteiger charge is 2.02. The van der Waals surface area contributed by atoms with Crippen molar-refractivity contribution in [1.29, 1.82) is 0 Å². The van der Waals surface area contributed by atoms with Crippen LogP contribution in [0.3, 0.4) is 0 Å². The Morgan fingerprint density at radius 3 is 2.22 bits per heavy atom. The van der Waals surface area contributed by atoms with E-state index in [1.54, 1.807) is 0 Å². The average molecular weight is 130 g/mol. The summed E-state index contributed by atoms with van der Waals surface area (Å²) in [5.41, 5.74) is 9.59. The van der Waals surface area contributed by atoms with Gasteiger partial charge in [-0.3, -0.25) is 0 Å². The van der Waals surface area contributed by atoms with E-state index < -0.39 is 10.7 Å². The number of hydrogen-bond donors (Lipinski definition) is 2. The maximum absolute atomic E-state index is 9.72. The molecule has 0 spiro atoms. The van der Waals surface area contributed by atoms with Gasteiger partial charge in [0.25, 0.3) is 0 Å². The fraction of sp³-hybridized carbons (Fsp3) is 0. The van der Waals surface area contributed by atoms with E-state index in [0.29, 0.717) is 0 Å². The van der Waals surface area contributed by atoms with Crippen LogP contribution in [0, 0.1) is 10.1 Å². The van der Waals surface area contributed by atoms with Crippen molar-refractivity contribution in [2.24, 2.45) is 16.5 Å². The fourth-order valence-electron chi connectivity index (χ4n) is 0.190. The van der Waals surface area contributed by atoms with Gasteiger partial charge in [0.15, 0.2) is 0 Å². The molecule has 0 rings (SSSR count). The molecule has 4 N–H and O–H groups in total. The van der Waals surface area contributed by atoms with Crippen molar-refractivity contribution in [1.82, 2.24) is 0 Å². The molecule has 6 heteroatoms. The van der Waals surface area contributed by atoms with Gasteiger partial charge in [0.1, 0.15) is 0 Å². The SMILES string of the molecule is C=C(N=C(N)N)[N+](=O)[O-]. The minimum Gasteiger partial charge on any atom is -0.358 e. The van der Waals surface area contributed by atoms with E-state index in [2.05, 4.69) is 11.6 Å². The fourth-order valence-corrected chi connectivity index (χ4v) is 0.190. The second-order valence-corrected chi connectivity index (χ2v) is 1.21. The van der Waals surface area contributed by atoms with Crippen LogP contribution in [0.15, 0.2) is 17.4 Å². The van der Waals surface area contributed by atoms with E-state index in [1.807, 2.05) is 0 Å². The van der Waals surface area contributed by atoms with E-state index in [1.165, 1.54) is 0 Å². The molecule has 0 aromatic heterocycles. The summed E-state index contributed by atoms with van der Waals surface area (Å²) in [7, 11) is 0. The molecule has 0 aromatic rings. The highest BCUT2D eigenvalue weighted by Crippen LogP contribution is 1.89. The second-order valence-electron chi connectivity index (χ2n) is 1.21. The zero-order chi connectivity index (χ0) is 7.44. The van der Waals surface area contributed by atoms with Crippen molar-refractivity contribution in [3.63, 3.8) is 0 Å². The Balaban J connectivity index is 4.09. The number of hydrogen-bond acceptors (Lipinski definition) is 3.